The molecule has 35 heavy (non-hydrogen) atoms. The molecule has 0 aliphatic rings. The number of hydrogen-bond acceptors (Lipinski definition) is 3. The molecule has 3 heterocycles. The number of hydrogen-bond donors (Lipinski definition) is 0. The number of para-hydroxylation sites is 3. The number of benzene rings is 2. The number of imidazole rings is 2. The van der Waals surface area contributed by atoms with Crippen LogP contribution in [0.3, 0.4) is 0 Å². The lowest BCUT2D eigenvalue weighted by atomic mass is 10.0. The first kappa shape index (κ1) is 23.1. The van der Waals surface area contributed by atoms with Gasteiger partial charge in [-0.3, -0.25) is 9.13 Å². The van der Waals surface area contributed by atoms with Crippen molar-refractivity contribution in [1.29, 1.82) is 0 Å². The topological polar surface area (TPSA) is 62.6 Å². The largest absolute Gasteiger partial charge is 0.331 e. The van der Waals surface area contributed by atoms with Crippen LogP contribution in [0.4, 0.5) is 0 Å². The van der Waals surface area contributed by atoms with Crippen LogP contribution in [0.15, 0.2) is 59.8 Å². The molecular weight excluding hydrogens is 436 g/mol. The number of aryl methyl sites for hydroxylation is 2. The van der Waals surface area contributed by atoms with E-state index in [-0.39, 0.29) is 11.7 Å². The highest BCUT2D eigenvalue weighted by Gasteiger charge is 2.31. The molecular formula is C28H34N6O. The molecule has 0 aliphatic carbocycles. The van der Waals surface area contributed by atoms with Crippen molar-refractivity contribution in [1.82, 2.24) is 28.5 Å². The van der Waals surface area contributed by atoms with Crippen LogP contribution < -0.4 is 5.69 Å². The van der Waals surface area contributed by atoms with Gasteiger partial charge in [-0.15, -0.1) is 0 Å². The summed E-state index contributed by atoms with van der Waals surface area (Å²) in [5, 5.41) is 4.72. The molecule has 0 bridgehead atoms. The predicted octanol–water partition coefficient (Wildman–Crippen LogP) is 5.59. The fourth-order valence-corrected chi connectivity index (χ4v) is 5.16. The van der Waals surface area contributed by atoms with Crippen molar-refractivity contribution in [2.45, 2.75) is 72.6 Å². The lowest BCUT2D eigenvalue weighted by molar-refractivity contribution is 0.257. The highest BCUT2D eigenvalue weighted by molar-refractivity contribution is 5.79. The Morgan fingerprint density at radius 3 is 2.29 bits per heavy atom. The smallest absolute Gasteiger partial charge is 0.328 e. The second-order valence-electron chi connectivity index (χ2n) is 10.4. The molecule has 7 heteroatoms. The van der Waals surface area contributed by atoms with E-state index in [1.54, 1.807) is 0 Å². The lowest BCUT2D eigenvalue weighted by Crippen LogP contribution is -2.43. The molecule has 0 amide bonds. The van der Waals surface area contributed by atoms with Gasteiger partial charge in [-0.25, -0.2) is 14.5 Å². The van der Waals surface area contributed by atoms with E-state index in [2.05, 4.69) is 43.5 Å². The fraction of sp³-hybridized carbons (Fsp3) is 0.393. The van der Waals surface area contributed by atoms with Crippen LogP contribution in [0.25, 0.3) is 22.1 Å². The van der Waals surface area contributed by atoms with Crippen LogP contribution in [0.5, 0.6) is 0 Å². The Kier molecular flexibility index (Phi) is 5.46. The van der Waals surface area contributed by atoms with Crippen LogP contribution in [-0.2, 0) is 12.1 Å². The first-order valence-corrected chi connectivity index (χ1v) is 12.3. The van der Waals surface area contributed by atoms with Gasteiger partial charge in [0, 0.05) is 18.3 Å². The average Bonchev–Trinajstić information content (AvgIpc) is 3.47. The van der Waals surface area contributed by atoms with E-state index in [0.717, 1.165) is 38.9 Å². The summed E-state index contributed by atoms with van der Waals surface area (Å²) in [6.07, 6.45) is 4.64. The Bertz CT molecular complexity index is 1570. The Morgan fingerprint density at radius 1 is 0.943 bits per heavy atom. The van der Waals surface area contributed by atoms with Crippen LogP contribution in [-0.4, -0.2) is 28.5 Å². The van der Waals surface area contributed by atoms with Gasteiger partial charge in [-0.1, -0.05) is 24.3 Å². The third kappa shape index (κ3) is 3.61. The first-order valence-electron chi connectivity index (χ1n) is 12.3. The van der Waals surface area contributed by atoms with Crippen molar-refractivity contribution < 1.29 is 0 Å². The molecule has 3 aromatic heterocycles. The monoisotopic (exact) mass is 470 g/mol. The molecule has 0 radical (unpaired) electrons. The van der Waals surface area contributed by atoms with Gasteiger partial charge in [0.1, 0.15) is 5.66 Å². The molecule has 1 atom stereocenters. The minimum atomic E-state index is -0.670. The maximum atomic E-state index is 14.1. The highest BCUT2D eigenvalue weighted by atomic mass is 16.2. The molecule has 182 valence electrons. The molecule has 0 spiro atoms. The maximum absolute atomic E-state index is 14.1. The molecule has 0 saturated heterocycles. The summed E-state index contributed by atoms with van der Waals surface area (Å²) in [5.74, 6) is 0. The van der Waals surface area contributed by atoms with Crippen molar-refractivity contribution in [2.24, 2.45) is 0 Å². The van der Waals surface area contributed by atoms with Gasteiger partial charge in [-0.2, -0.15) is 5.10 Å². The fourth-order valence-electron chi connectivity index (χ4n) is 5.16. The van der Waals surface area contributed by atoms with Crippen molar-refractivity contribution in [3.63, 3.8) is 0 Å². The summed E-state index contributed by atoms with van der Waals surface area (Å²) in [6, 6.07) is 14.7. The van der Waals surface area contributed by atoms with Crippen LogP contribution in [0.2, 0.25) is 0 Å². The second-order valence-corrected chi connectivity index (χ2v) is 10.4. The Labute approximate surface area is 205 Å². The van der Waals surface area contributed by atoms with E-state index in [0.29, 0.717) is 12.5 Å². The minimum absolute atomic E-state index is 0.0330. The van der Waals surface area contributed by atoms with E-state index in [1.165, 1.54) is 0 Å². The molecule has 0 saturated carbocycles. The summed E-state index contributed by atoms with van der Waals surface area (Å²) in [6.45, 7) is 14.6. The quantitative estimate of drug-likeness (QED) is 0.325. The second kappa shape index (κ2) is 8.26. The van der Waals surface area contributed by atoms with Gasteiger partial charge in [0.05, 0.1) is 34.1 Å². The number of aromatic nitrogens is 6. The SMILES string of the molecule is Cc1cn(C(C)(C)n2c(=O)n(C(C)Cc3cccc4c3ncn4C(C)C)c3ccccc32)nc1C. The molecule has 5 aromatic rings. The number of fused-ring (bicyclic) bond motifs is 2. The van der Waals surface area contributed by atoms with E-state index in [4.69, 9.17) is 10.1 Å². The van der Waals surface area contributed by atoms with Gasteiger partial charge < -0.3 is 4.57 Å². The molecule has 2 aromatic carbocycles. The summed E-state index contributed by atoms with van der Waals surface area (Å²) in [4.78, 5) is 18.8. The summed E-state index contributed by atoms with van der Waals surface area (Å²) in [7, 11) is 0. The third-order valence-electron chi connectivity index (χ3n) is 7.23. The third-order valence-corrected chi connectivity index (χ3v) is 7.23. The number of nitrogens with zero attached hydrogens (tertiary/aromatic N) is 6. The lowest BCUT2D eigenvalue weighted by Gasteiger charge is -2.27. The average molecular weight is 471 g/mol. The molecule has 7 nitrogen and oxygen atoms in total. The van der Waals surface area contributed by atoms with Gasteiger partial charge in [0.2, 0.25) is 0 Å². The summed E-state index contributed by atoms with van der Waals surface area (Å²) in [5.41, 5.74) is 6.50. The normalized spacial score (nSPS) is 13.4. The van der Waals surface area contributed by atoms with Crippen LogP contribution in [0, 0.1) is 13.8 Å². The van der Waals surface area contributed by atoms with Crippen molar-refractivity contribution >= 4 is 22.1 Å². The van der Waals surface area contributed by atoms with E-state index in [1.807, 2.05) is 78.3 Å². The van der Waals surface area contributed by atoms with Crippen molar-refractivity contribution in [3.05, 3.63) is 82.3 Å². The number of rotatable bonds is 6. The summed E-state index contributed by atoms with van der Waals surface area (Å²) >= 11 is 0. The maximum Gasteiger partial charge on any atom is 0.331 e. The predicted molar refractivity (Wildman–Crippen MR) is 141 cm³/mol. The first-order chi connectivity index (χ1) is 16.6. The highest BCUT2D eigenvalue weighted by Crippen LogP contribution is 2.28. The van der Waals surface area contributed by atoms with Gasteiger partial charge in [-0.05, 0) is 84.2 Å². The van der Waals surface area contributed by atoms with Gasteiger partial charge in [0.25, 0.3) is 0 Å². The van der Waals surface area contributed by atoms with Crippen LogP contribution >= 0.6 is 0 Å². The van der Waals surface area contributed by atoms with E-state index in [9.17, 15) is 4.79 Å². The molecule has 0 aliphatic heterocycles. The van der Waals surface area contributed by atoms with Gasteiger partial charge >= 0.3 is 5.69 Å². The summed E-state index contributed by atoms with van der Waals surface area (Å²) < 4.78 is 7.90. The van der Waals surface area contributed by atoms with Crippen molar-refractivity contribution in [3.8, 4) is 0 Å². The minimum Gasteiger partial charge on any atom is -0.328 e. The zero-order valence-corrected chi connectivity index (χ0v) is 21.6. The molecule has 5 rings (SSSR count). The van der Waals surface area contributed by atoms with Gasteiger partial charge in [0.15, 0.2) is 0 Å². The van der Waals surface area contributed by atoms with E-state index >= 15 is 0 Å². The van der Waals surface area contributed by atoms with Crippen LogP contribution in [0.1, 0.15) is 63.5 Å². The van der Waals surface area contributed by atoms with Crippen molar-refractivity contribution in [2.75, 3.05) is 0 Å². The zero-order valence-electron chi connectivity index (χ0n) is 21.6. The zero-order chi connectivity index (χ0) is 25.1. The van der Waals surface area contributed by atoms with E-state index < -0.39 is 5.66 Å². The Hall–Kier alpha value is -3.61. The molecule has 0 N–H and O–H groups in total. The standard InChI is InChI=1S/C28H34N6O/c1-18(2)31-17-29-26-22(11-10-14-25(26)31)15-20(4)33-23-12-8-9-13-24(23)34(27(33)35)28(6,7)32-16-19(3)21(5)30-32/h8-14,16-18,20H,15H2,1-7H3. The molecule has 1 unspecified atom stereocenters. The Morgan fingerprint density at radius 2 is 1.63 bits per heavy atom. The Balaban J connectivity index is 1.63. The molecule has 0 fully saturated rings.